The van der Waals surface area contributed by atoms with Gasteiger partial charge >= 0.3 is 0 Å². The number of rotatable bonds is 3. The number of nitrogens with two attached hydrogens (primary N) is 1. The minimum atomic E-state index is -0.342. The molecular formula is C13H15N3O. The van der Waals surface area contributed by atoms with Gasteiger partial charge in [0.15, 0.2) is 0 Å². The van der Waals surface area contributed by atoms with Gasteiger partial charge in [0.2, 0.25) is 5.91 Å². The molecule has 2 aromatic rings. The number of benzene rings is 1. The number of nitrogens with zero attached hydrogens (tertiary/aromatic N) is 2. The summed E-state index contributed by atoms with van der Waals surface area (Å²) < 4.78 is 0. The van der Waals surface area contributed by atoms with Gasteiger partial charge in [0.1, 0.15) is 0 Å². The molecule has 0 fully saturated rings. The Kier molecular flexibility index (Phi) is 2.95. The molecule has 0 saturated carbocycles. The van der Waals surface area contributed by atoms with E-state index in [9.17, 15) is 4.79 Å². The van der Waals surface area contributed by atoms with Crippen molar-refractivity contribution in [1.29, 1.82) is 0 Å². The highest BCUT2D eigenvalue weighted by atomic mass is 16.1. The molecule has 0 unspecified atom stereocenters. The van der Waals surface area contributed by atoms with E-state index in [4.69, 9.17) is 5.73 Å². The number of hydrogen-bond donors (Lipinski definition) is 1. The minimum absolute atomic E-state index is 0.201. The molecular weight excluding hydrogens is 214 g/mol. The van der Waals surface area contributed by atoms with Crippen molar-refractivity contribution < 1.29 is 4.79 Å². The average molecular weight is 229 g/mol. The second-order valence-electron chi connectivity index (χ2n) is 4.12. The summed E-state index contributed by atoms with van der Waals surface area (Å²) in [4.78, 5) is 17.2. The van der Waals surface area contributed by atoms with Crippen LogP contribution < -0.4 is 10.6 Å². The van der Waals surface area contributed by atoms with Crippen LogP contribution in [0.4, 0.5) is 5.69 Å². The van der Waals surface area contributed by atoms with Crippen molar-refractivity contribution in [1.82, 2.24) is 4.98 Å². The van der Waals surface area contributed by atoms with E-state index in [-0.39, 0.29) is 12.5 Å². The molecule has 1 aromatic carbocycles. The molecule has 4 heteroatoms. The van der Waals surface area contributed by atoms with E-state index in [0.29, 0.717) is 0 Å². The number of likely N-dealkylation sites (N-methyl/N-ethyl adjacent to an activating group) is 1. The number of amides is 1. The number of hydrogen-bond acceptors (Lipinski definition) is 3. The first-order chi connectivity index (χ1) is 8.09. The van der Waals surface area contributed by atoms with Gasteiger partial charge in [0.05, 0.1) is 12.1 Å². The van der Waals surface area contributed by atoms with E-state index in [1.807, 2.05) is 43.1 Å². The zero-order chi connectivity index (χ0) is 12.4. The highest BCUT2D eigenvalue weighted by Crippen LogP contribution is 2.25. The fraction of sp³-hybridized carbons (Fsp3) is 0.231. The normalized spacial score (nSPS) is 10.5. The maximum Gasteiger partial charge on any atom is 0.236 e. The molecule has 17 heavy (non-hydrogen) atoms. The number of carbonyl (C=O) groups is 1. The van der Waals surface area contributed by atoms with Gasteiger partial charge in [-0.25, -0.2) is 0 Å². The van der Waals surface area contributed by atoms with Crippen molar-refractivity contribution in [2.45, 2.75) is 6.92 Å². The molecule has 0 radical (unpaired) electrons. The monoisotopic (exact) mass is 229 g/mol. The summed E-state index contributed by atoms with van der Waals surface area (Å²) in [6, 6.07) is 7.90. The van der Waals surface area contributed by atoms with E-state index in [1.165, 1.54) is 0 Å². The number of aryl methyl sites for hydroxylation is 1. The summed E-state index contributed by atoms with van der Waals surface area (Å²) >= 11 is 0. The van der Waals surface area contributed by atoms with Gasteiger partial charge in [-0.3, -0.25) is 9.78 Å². The molecule has 0 bridgehead atoms. The Balaban J connectivity index is 2.54. The lowest BCUT2D eigenvalue weighted by molar-refractivity contribution is -0.116. The van der Waals surface area contributed by atoms with Gasteiger partial charge in [-0.05, 0) is 18.6 Å². The summed E-state index contributed by atoms with van der Waals surface area (Å²) in [5, 5.41) is 1.04. The first-order valence-corrected chi connectivity index (χ1v) is 5.43. The van der Waals surface area contributed by atoms with Crippen LogP contribution >= 0.6 is 0 Å². The van der Waals surface area contributed by atoms with E-state index in [0.717, 1.165) is 22.2 Å². The number of primary amides is 1. The zero-order valence-corrected chi connectivity index (χ0v) is 9.97. The second kappa shape index (κ2) is 4.41. The zero-order valence-electron chi connectivity index (χ0n) is 9.97. The molecule has 0 atom stereocenters. The molecule has 88 valence electrons. The van der Waals surface area contributed by atoms with Crippen molar-refractivity contribution in [3.8, 4) is 0 Å². The Bertz CT molecular complexity index is 566. The quantitative estimate of drug-likeness (QED) is 0.867. The second-order valence-corrected chi connectivity index (χ2v) is 4.12. The van der Waals surface area contributed by atoms with E-state index < -0.39 is 0 Å². The fourth-order valence-electron chi connectivity index (χ4n) is 1.96. The molecule has 1 amide bonds. The third-order valence-corrected chi connectivity index (χ3v) is 2.75. The van der Waals surface area contributed by atoms with E-state index in [1.54, 1.807) is 6.20 Å². The van der Waals surface area contributed by atoms with Gasteiger partial charge in [-0.15, -0.1) is 0 Å². The van der Waals surface area contributed by atoms with Crippen molar-refractivity contribution >= 4 is 22.5 Å². The largest absolute Gasteiger partial charge is 0.368 e. The highest BCUT2D eigenvalue weighted by Gasteiger charge is 2.09. The van der Waals surface area contributed by atoms with E-state index in [2.05, 4.69) is 4.98 Å². The van der Waals surface area contributed by atoms with Crippen LogP contribution in [0.5, 0.6) is 0 Å². The van der Waals surface area contributed by atoms with Crippen LogP contribution in [0.25, 0.3) is 10.9 Å². The molecule has 2 rings (SSSR count). The van der Waals surface area contributed by atoms with Crippen LogP contribution in [-0.4, -0.2) is 24.5 Å². The molecule has 1 aromatic heterocycles. The van der Waals surface area contributed by atoms with Crippen molar-refractivity contribution in [2.24, 2.45) is 5.73 Å². The highest BCUT2D eigenvalue weighted by molar-refractivity contribution is 5.94. The number of fused-ring (bicyclic) bond motifs is 1. The summed E-state index contributed by atoms with van der Waals surface area (Å²) in [5.74, 6) is -0.342. The van der Waals surface area contributed by atoms with E-state index >= 15 is 0 Å². The summed E-state index contributed by atoms with van der Waals surface area (Å²) in [6.45, 7) is 2.22. The Hall–Kier alpha value is -2.10. The third kappa shape index (κ3) is 2.20. The predicted octanol–water partition coefficient (Wildman–Crippen LogP) is 1.46. The lowest BCUT2D eigenvalue weighted by Gasteiger charge is -2.19. The maximum absolute atomic E-state index is 11.0. The predicted molar refractivity (Wildman–Crippen MR) is 68.9 cm³/mol. The number of pyridine rings is 1. The molecule has 1 heterocycles. The Morgan fingerprint density at radius 1 is 1.41 bits per heavy atom. The third-order valence-electron chi connectivity index (χ3n) is 2.75. The van der Waals surface area contributed by atoms with Crippen LogP contribution in [0, 0.1) is 6.92 Å². The minimum Gasteiger partial charge on any atom is -0.368 e. The summed E-state index contributed by atoms with van der Waals surface area (Å²) in [5.41, 5.74) is 8.26. The first-order valence-electron chi connectivity index (χ1n) is 5.43. The van der Waals surface area contributed by atoms with Crippen LogP contribution in [-0.2, 0) is 4.79 Å². The number of anilines is 1. The molecule has 0 aliphatic carbocycles. The molecule has 0 aliphatic heterocycles. The first kappa shape index (κ1) is 11.4. The summed E-state index contributed by atoms with van der Waals surface area (Å²) in [7, 11) is 1.85. The van der Waals surface area contributed by atoms with Gasteiger partial charge in [0.25, 0.3) is 0 Å². The van der Waals surface area contributed by atoms with Gasteiger partial charge < -0.3 is 10.6 Å². The Labute approximate surface area is 100 Å². The van der Waals surface area contributed by atoms with Crippen LogP contribution in [0.2, 0.25) is 0 Å². The fourth-order valence-corrected chi connectivity index (χ4v) is 1.96. The molecule has 0 aliphatic rings. The number of aromatic nitrogens is 1. The standard InChI is InChI=1S/C13H15N3O/c1-9-4-3-5-10-11(6-7-15-13(9)10)16(2)8-12(14)17/h3-7H,8H2,1-2H3,(H2,14,17). The van der Waals surface area contributed by atoms with Crippen LogP contribution in [0.1, 0.15) is 5.56 Å². The van der Waals surface area contributed by atoms with Crippen LogP contribution in [0.3, 0.4) is 0 Å². The van der Waals surface area contributed by atoms with Gasteiger partial charge in [0, 0.05) is 24.3 Å². The average Bonchev–Trinajstić information content (AvgIpc) is 2.28. The number of para-hydroxylation sites is 1. The maximum atomic E-state index is 11.0. The molecule has 4 nitrogen and oxygen atoms in total. The van der Waals surface area contributed by atoms with Gasteiger partial charge in [-0.2, -0.15) is 0 Å². The lowest BCUT2D eigenvalue weighted by atomic mass is 10.1. The van der Waals surface area contributed by atoms with Crippen molar-refractivity contribution in [3.63, 3.8) is 0 Å². The lowest BCUT2D eigenvalue weighted by Crippen LogP contribution is -2.30. The molecule has 0 saturated heterocycles. The van der Waals surface area contributed by atoms with Gasteiger partial charge in [-0.1, -0.05) is 18.2 Å². The summed E-state index contributed by atoms with van der Waals surface area (Å²) in [6.07, 6.45) is 1.75. The van der Waals surface area contributed by atoms with Crippen LogP contribution in [0.15, 0.2) is 30.5 Å². The Morgan fingerprint density at radius 3 is 2.88 bits per heavy atom. The number of carbonyl (C=O) groups excluding carboxylic acids is 1. The smallest absolute Gasteiger partial charge is 0.236 e. The SMILES string of the molecule is Cc1cccc2c(N(C)CC(N)=O)ccnc12. The Morgan fingerprint density at radius 2 is 2.18 bits per heavy atom. The van der Waals surface area contributed by atoms with Crippen molar-refractivity contribution in [3.05, 3.63) is 36.0 Å². The van der Waals surface area contributed by atoms with Crippen molar-refractivity contribution in [2.75, 3.05) is 18.5 Å². The molecule has 2 N–H and O–H groups in total. The molecule has 0 spiro atoms. The topological polar surface area (TPSA) is 59.2 Å².